The summed E-state index contributed by atoms with van der Waals surface area (Å²) in [5, 5.41) is 0. The van der Waals surface area contributed by atoms with Crippen LogP contribution in [0.1, 0.15) is 26.7 Å². The van der Waals surface area contributed by atoms with Crippen LogP contribution in [0.5, 0.6) is 11.5 Å². The average Bonchev–Trinajstić information content (AvgIpc) is 2.68. The van der Waals surface area contributed by atoms with Gasteiger partial charge in [-0.1, -0.05) is 0 Å². The Labute approximate surface area is 155 Å². The van der Waals surface area contributed by atoms with E-state index in [1.54, 1.807) is 17.0 Å². The summed E-state index contributed by atoms with van der Waals surface area (Å²) in [6, 6.07) is 4.72. The Balaban J connectivity index is 2.17. The van der Waals surface area contributed by atoms with Crippen LogP contribution in [0.2, 0.25) is 0 Å². The molecule has 0 atom stereocenters. The minimum Gasteiger partial charge on any atom is -0.497 e. The lowest BCUT2D eigenvalue weighted by Crippen LogP contribution is -2.44. The highest BCUT2D eigenvalue weighted by Gasteiger charge is 2.34. The van der Waals surface area contributed by atoms with Crippen LogP contribution in [0.3, 0.4) is 0 Å². The fourth-order valence-electron chi connectivity index (χ4n) is 3.26. The topological polar surface area (TPSA) is 76.2 Å². The molecule has 1 aromatic carbocycles. The predicted octanol–water partition coefficient (Wildman–Crippen LogP) is 1.97. The molecule has 0 bridgehead atoms. The SMILES string of the molecule is CCN(CC)C(=O)C1CCN(S(=O)(=O)c2cc(OC)ccc2OC)CC1. The molecule has 26 heavy (non-hydrogen) atoms. The van der Waals surface area contributed by atoms with Crippen LogP contribution in [-0.4, -0.2) is 63.9 Å². The third-order valence-corrected chi connectivity index (χ3v) is 6.79. The van der Waals surface area contributed by atoms with E-state index in [1.165, 1.54) is 24.6 Å². The minimum atomic E-state index is -3.71. The molecule has 1 fully saturated rings. The van der Waals surface area contributed by atoms with Crippen molar-refractivity contribution in [2.24, 2.45) is 5.92 Å². The number of methoxy groups -OCH3 is 2. The van der Waals surface area contributed by atoms with E-state index < -0.39 is 10.0 Å². The second-order valence-electron chi connectivity index (χ2n) is 6.21. The standard InChI is InChI=1S/C18H28N2O5S/c1-5-19(6-2)18(21)14-9-11-20(12-10-14)26(22,23)17-13-15(24-3)7-8-16(17)25-4/h7-8,13-14H,5-6,9-12H2,1-4H3. The molecule has 146 valence electrons. The monoisotopic (exact) mass is 384 g/mol. The Bertz CT molecular complexity index is 723. The molecular weight excluding hydrogens is 356 g/mol. The number of sulfonamides is 1. The van der Waals surface area contributed by atoms with Gasteiger partial charge in [-0.25, -0.2) is 8.42 Å². The number of nitrogens with zero attached hydrogens (tertiary/aromatic N) is 2. The molecule has 8 heteroatoms. The lowest BCUT2D eigenvalue weighted by atomic mass is 9.96. The Morgan fingerprint density at radius 3 is 2.27 bits per heavy atom. The van der Waals surface area contributed by atoms with Crippen molar-refractivity contribution >= 4 is 15.9 Å². The maximum Gasteiger partial charge on any atom is 0.246 e. The van der Waals surface area contributed by atoms with Gasteiger partial charge in [-0.15, -0.1) is 0 Å². The number of piperidine rings is 1. The van der Waals surface area contributed by atoms with E-state index in [2.05, 4.69) is 0 Å². The molecule has 0 N–H and O–H groups in total. The van der Waals surface area contributed by atoms with Crippen molar-refractivity contribution in [2.45, 2.75) is 31.6 Å². The van der Waals surface area contributed by atoms with Crippen LogP contribution in [-0.2, 0) is 14.8 Å². The zero-order chi connectivity index (χ0) is 19.3. The third-order valence-electron chi connectivity index (χ3n) is 4.87. The summed E-state index contributed by atoms with van der Waals surface area (Å²) >= 11 is 0. The maximum absolute atomic E-state index is 13.1. The molecule has 1 aliphatic heterocycles. The highest BCUT2D eigenvalue weighted by atomic mass is 32.2. The summed E-state index contributed by atoms with van der Waals surface area (Å²) in [5.41, 5.74) is 0. The first kappa shape index (κ1) is 20.5. The van der Waals surface area contributed by atoms with Crippen LogP contribution in [0.25, 0.3) is 0 Å². The van der Waals surface area contributed by atoms with Crippen LogP contribution >= 0.6 is 0 Å². The van der Waals surface area contributed by atoms with Gasteiger partial charge >= 0.3 is 0 Å². The number of rotatable bonds is 7. The summed E-state index contributed by atoms with van der Waals surface area (Å²) in [6.45, 7) is 5.90. The normalized spacial score (nSPS) is 16.3. The van der Waals surface area contributed by atoms with E-state index in [0.717, 1.165) is 0 Å². The van der Waals surface area contributed by atoms with Crippen LogP contribution < -0.4 is 9.47 Å². The van der Waals surface area contributed by atoms with Gasteiger partial charge < -0.3 is 14.4 Å². The fourth-order valence-corrected chi connectivity index (χ4v) is 4.90. The van der Waals surface area contributed by atoms with Gasteiger partial charge in [0, 0.05) is 38.2 Å². The molecule has 1 saturated heterocycles. The fraction of sp³-hybridized carbons (Fsp3) is 0.611. The smallest absolute Gasteiger partial charge is 0.246 e. The Hall–Kier alpha value is -1.80. The van der Waals surface area contributed by atoms with Crippen LogP contribution in [0, 0.1) is 5.92 Å². The third kappa shape index (κ3) is 4.12. The molecular formula is C18H28N2O5S. The Morgan fingerprint density at radius 2 is 1.77 bits per heavy atom. The molecule has 1 heterocycles. The van der Waals surface area contributed by atoms with Gasteiger partial charge in [0.05, 0.1) is 14.2 Å². The molecule has 1 aliphatic rings. The first-order valence-corrected chi connectivity index (χ1v) is 10.3. The van der Waals surface area contributed by atoms with Crippen LogP contribution in [0.15, 0.2) is 23.1 Å². The number of amides is 1. The second kappa shape index (κ2) is 8.73. The first-order valence-electron chi connectivity index (χ1n) is 8.89. The van der Waals surface area contributed by atoms with Crippen LogP contribution in [0.4, 0.5) is 0 Å². The molecule has 0 saturated carbocycles. The zero-order valence-electron chi connectivity index (χ0n) is 15.9. The van der Waals surface area contributed by atoms with E-state index in [0.29, 0.717) is 44.8 Å². The molecule has 0 aliphatic carbocycles. The summed E-state index contributed by atoms with van der Waals surface area (Å²) in [7, 11) is -0.786. The number of benzene rings is 1. The lowest BCUT2D eigenvalue weighted by Gasteiger charge is -2.33. The predicted molar refractivity (Wildman–Crippen MR) is 99.0 cm³/mol. The summed E-state index contributed by atoms with van der Waals surface area (Å²) in [4.78, 5) is 14.4. The molecule has 2 rings (SSSR count). The van der Waals surface area contributed by atoms with Crippen molar-refractivity contribution in [2.75, 3.05) is 40.4 Å². The van der Waals surface area contributed by atoms with Gasteiger partial charge in [0.15, 0.2) is 0 Å². The molecule has 1 amide bonds. The van der Waals surface area contributed by atoms with E-state index in [4.69, 9.17) is 9.47 Å². The number of hydrogen-bond acceptors (Lipinski definition) is 5. The van der Waals surface area contributed by atoms with Gasteiger partial charge in [0.25, 0.3) is 0 Å². The number of carbonyl (C=O) groups excluding carboxylic acids is 1. The highest BCUT2D eigenvalue weighted by Crippen LogP contribution is 2.32. The molecule has 0 radical (unpaired) electrons. The summed E-state index contributed by atoms with van der Waals surface area (Å²) in [6.07, 6.45) is 1.06. The van der Waals surface area contributed by atoms with Gasteiger partial charge in [-0.05, 0) is 38.8 Å². The van der Waals surface area contributed by atoms with Crippen molar-refractivity contribution < 1.29 is 22.7 Å². The molecule has 1 aromatic rings. The van der Waals surface area contributed by atoms with E-state index >= 15 is 0 Å². The van der Waals surface area contributed by atoms with Gasteiger partial charge in [-0.2, -0.15) is 4.31 Å². The van der Waals surface area contributed by atoms with Gasteiger partial charge in [0.2, 0.25) is 15.9 Å². The van der Waals surface area contributed by atoms with Crippen molar-refractivity contribution in [3.8, 4) is 11.5 Å². The first-order chi connectivity index (χ1) is 12.4. The minimum absolute atomic E-state index is 0.0906. The van der Waals surface area contributed by atoms with Crippen molar-refractivity contribution in [3.05, 3.63) is 18.2 Å². The summed E-state index contributed by atoms with van der Waals surface area (Å²) in [5.74, 6) is 0.739. The van der Waals surface area contributed by atoms with Gasteiger partial charge in [-0.3, -0.25) is 4.79 Å². The average molecular weight is 384 g/mol. The van der Waals surface area contributed by atoms with E-state index in [1.807, 2.05) is 13.8 Å². The molecule has 7 nitrogen and oxygen atoms in total. The molecule has 0 unspecified atom stereocenters. The number of carbonyl (C=O) groups is 1. The van der Waals surface area contributed by atoms with Crippen molar-refractivity contribution in [1.82, 2.24) is 9.21 Å². The second-order valence-corrected chi connectivity index (χ2v) is 8.11. The van der Waals surface area contributed by atoms with Crippen molar-refractivity contribution in [3.63, 3.8) is 0 Å². The largest absolute Gasteiger partial charge is 0.497 e. The zero-order valence-corrected chi connectivity index (χ0v) is 16.7. The highest BCUT2D eigenvalue weighted by molar-refractivity contribution is 7.89. The molecule has 0 spiro atoms. The van der Waals surface area contributed by atoms with E-state index in [9.17, 15) is 13.2 Å². The Morgan fingerprint density at radius 1 is 1.15 bits per heavy atom. The number of hydrogen-bond donors (Lipinski definition) is 0. The lowest BCUT2D eigenvalue weighted by molar-refractivity contribution is -0.136. The molecule has 0 aromatic heterocycles. The quantitative estimate of drug-likeness (QED) is 0.718. The van der Waals surface area contributed by atoms with Gasteiger partial charge in [0.1, 0.15) is 16.4 Å². The number of ether oxygens (including phenoxy) is 2. The Kier molecular flexibility index (Phi) is 6.88. The van der Waals surface area contributed by atoms with Crippen molar-refractivity contribution in [1.29, 1.82) is 0 Å². The summed E-state index contributed by atoms with van der Waals surface area (Å²) < 4.78 is 37.9. The maximum atomic E-state index is 13.1. The van der Waals surface area contributed by atoms with E-state index in [-0.39, 0.29) is 22.5 Å².